The van der Waals surface area contributed by atoms with Crippen LogP contribution in [0.5, 0.6) is 0 Å². The number of halogens is 1. The Hall–Kier alpha value is -1.14. The molecule has 6 nitrogen and oxygen atoms in total. The number of hydrogen-bond acceptors (Lipinski definition) is 5. The molecule has 1 aromatic rings. The highest BCUT2D eigenvalue weighted by Crippen LogP contribution is 2.39. The second-order valence-electron chi connectivity index (χ2n) is 6.61. The van der Waals surface area contributed by atoms with Crippen LogP contribution in [-0.4, -0.2) is 16.0 Å². The van der Waals surface area contributed by atoms with Gasteiger partial charge < -0.3 is 15.6 Å². The first-order valence-electron chi connectivity index (χ1n) is 7.96. The first kappa shape index (κ1) is 17.2. The van der Waals surface area contributed by atoms with E-state index in [1.54, 1.807) is 0 Å². The quantitative estimate of drug-likeness (QED) is 0.889. The van der Waals surface area contributed by atoms with E-state index in [2.05, 4.69) is 15.5 Å². The van der Waals surface area contributed by atoms with Gasteiger partial charge in [0.15, 0.2) is 5.82 Å². The van der Waals surface area contributed by atoms with Crippen molar-refractivity contribution in [2.24, 2.45) is 5.73 Å². The maximum absolute atomic E-state index is 11.6. The molecular weight excluding hydrogens is 304 g/mol. The van der Waals surface area contributed by atoms with Crippen molar-refractivity contribution in [3.63, 3.8) is 0 Å². The van der Waals surface area contributed by atoms with Gasteiger partial charge in [-0.2, -0.15) is 4.98 Å². The van der Waals surface area contributed by atoms with Gasteiger partial charge in [0.1, 0.15) is 5.54 Å². The van der Waals surface area contributed by atoms with Gasteiger partial charge in [-0.1, -0.05) is 37.3 Å². The predicted molar refractivity (Wildman–Crippen MR) is 84.5 cm³/mol. The van der Waals surface area contributed by atoms with Gasteiger partial charge in [0.2, 0.25) is 5.91 Å². The molecule has 0 atom stereocenters. The SMILES string of the molecule is CC(=O)NC1(c2nc(C3(N)CCCC3)no2)CCCCC1.Cl. The zero-order valence-corrected chi connectivity index (χ0v) is 13.9. The maximum atomic E-state index is 11.6. The van der Waals surface area contributed by atoms with Crippen LogP contribution < -0.4 is 11.1 Å². The Kier molecular flexibility index (Phi) is 5.12. The molecule has 3 N–H and O–H groups in total. The summed E-state index contributed by atoms with van der Waals surface area (Å²) in [5, 5.41) is 7.19. The number of hydrogen-bond donors (Lipinski definition) is 2. The third-order valence-electron chi connectivity index (χ3n) is 4.90. The molecule has 0 spiro atoms. The van der Waals surface area contributed by atoms with Crippen molar-refractivity contribution in [1.82, 2.24) is 15.5 Å². The molecular formula is C15H25ClN4O2. The molecule has 7 heteroatoms. The number of rotatable bonds is 3. The monoisotopic (exact) mass is 328 g/mol. The molecule has 124 valence electrons. The van der Waals surface area contributed by atoms with Gasteiger partial charge in [-0.3, -0.25) is 4.79 Å². The fraction of sp³-hybridized carbons (Fsp3) is 0.800. The summed E-state index contributed by atoms with van der Waals surface area (Å²) in [5.41, 5.74) is 5.45. The van der Waals surface area contributed by atoms with E-state index in [9.17, 15) is 4.79 Å². The zero-order chi connectivity index (χ0) is 14.9. The predicted octanol–water partition coefficient (Wildman–Crippen LogP) is 2.51. The lowest BCUT2D eigenvalue weighted by Gasteiger charge is -2.34. The molecule has 0 radical (unpaired) electrons. The number of nitrogens with one attached hydrogen (secondary N) is 1. The highest BCUT2D eigenvalue weighted by Gasteiger charge is 2.43. The topological polar surface area (TPSA) is 94.0 Å². The number of amides is 1. The molecule has 1 amide bonds. The van der Waals surface area contributed by atoms with Crippen molar-refractivity contribution in [3.05, 3.63) is 11.7 Å². The van der Waals surface area contributed by atoms with E-state index in [0.717, 1.165) is 51.4 Å². The van der Waals surface area contributed by atoms with E-state index in [4.69, 9.17) is 10.3 Å². The van der Waals surface area contributed by atoms with Crippen molar-refractivity contribution in [2.75, 3.05) is 0 Å². The summed E-state index contributed by atoms with van der Waals surface area (Å²) in [6.45, 7) is 1.54. The van der Waals surface area contributed by atoms with Crippen LogP contribution in [0, 0.1) is 0 Å². The van der Waals surface area contributed by atoms with Crippen molar-refractivity contribution in [1.29, 1.82) is 0 Å². The van der Waals surface area contributed by atoms with Gasteiger partial charge in [0, 0.05) is 6.92 Å². The Labute approximate surface area is 137 Å². The Morgan fingerprint density at radius 3 is 2.32 bits per heavy atom. The van der Waals surface area contributed by atoms with Crippen LogP contribution in [0.25, 0.3) is 0 Å². The molecule has 0 saturated heterocycles. The highest BCUT2D eigenvalue weighted by atomic mass is 35.5. The van der Waals surface area contributed by atoms with Gasteiger partial charge in [-0.15, -0.1) is 12.4 Å². The minimum atomic E-state index is -0.496. The summed E-state index contributed by atoms with van der Waals surface area (Å²) in [5.74, 6) is 1.08. The van der Waals surface area contributed by atoms with Gasteiger partial charge >= 0.3 is 0 Å². The Bertz CT molecular complexity index is 519. The van der Waals surface area contributed by atoms with Crippen LogP contribution in [0.1, 0.15) is 76.4 Å². The Morgan fingerprint density at radius 1 is 1.14 bits per heavy atom. The van der Waals surface area contributed by atoms with E-state index < -0.39 is 11.1 Å². The highest BCUT2D eigenvalue weighted by molar-refractivity contribution is 5.85. The van der Waals surface area contributed by atoms with Gasteiger partial charge in [0.05, 0.1) is 5.54 Å². The second kappa shape index (κ2) is 6.54. The first-order valence-corrected chi connectivity index (χ1v) is 7.96. The van der Waals surface area contributed by atoms with E-state index in [1.165, 1.54) is 13.3 Å². The summed E-state index contributed by atoms with van der Waals surface area (Å²) < 4.78 is 5.53. The minimum absolute atomic E-state index is 0. The third kappa shape index (κ3) is 3.13. The largest absolute Gasteiger partial charge is 0.342 e. The lowest BCUT2D eigenvalue weighted by Crippen LogP contribution is -2.46. The molecule has 2 aliphatic carbocycles. The molecule has 1 heterocycles. The third-order valence-corrected chi connectivity index (χ3v) is 4.90. The molecule has 3 rings (SSSR count). The van der Waals surface area contributed by atoms with Gasteiger partial charge in [-0.05, 0) is 25.7 Å². The zero-order valence-electron chi connectivity index (χ0n) is 13.1. The van der Waals surface area contributed by atoms with Crippen molar-refractivity contribution < 1.29 is 9.32 Å². The smallest absolute Gasteiger partial charge is 0.252 e. The molecule has 2 fully saturated rings. The van der Waals surface area contributed by atoms with Gasteiger partial charge in [-0.25, -0.2) is 0 Å². The molecule has 1 aromatic heterocycles. The van der Waals surface area contributed by atoms with Crippen LogP contribution >= 0.6 is 12.4 Å². The molecule has 0 aliphatic heterocycles. The lowest BCUT2D eigenvalue weighted by atomic mass is 9.81. The van der Waals surface area contributed by atoms with Crippen LogP contribution in [0.3, 0.4) is 0 Å². The van der Waals surface area contributed by atoms with Gasteiger partial charge in [0.25, 0.3) is 5.89 Å². The fourth-order valence-electron chi connectivity index (χ4n) is 3.73. The van der Waals surface area contributed by atoms with Crippen LogP contribution in [0.2, 0.25) is 0 Å². The normalized spacial score (nSPS) is 22.8. The van der Waals surface area contributed by atoms with Crippen molar-refractivity contribution in [3.8, 4) is 0 Å². The number of aromatic nitrogens is 2. The summed E-state index contributed by atoms with van der Waals surface area (Å²) in [4.78, 5) is 16.2. The van der Waals surface area contributed by atoms with Crippen molar-refractivity contribution in [2.45, 2.75) is 75.8 Å². The summed E-state index contributed by atoms with van der Waals surface area (Å²) in [6.07, 6.45) is 9.03. The van der Waals surface area contributed by atoms with Crippen LogP contribution in [0.4, 0.5) is 0 Å². The maximum Gasteiger partial charge on any atom is 0.252 e. The molecule has 0 aromatic carbocycles. The fourth-order valence-corrected chi connectivity index (χ4v) is 3.73. The molecule has 22 heavy (non-hydrogen) atoms. The summed E-state index contributed by atoms with van der Waals surface area (Å²) in [7, 11) is 0. The molecule has 2 aliphatic rings. The molecule has 2 saturated carbocycles. The number of carbonyl (C=O) groups excluding carboxylic acids is 1. The van der Waals surface area contributed by atoms with E-state index >= 15 is 0 Å². The number of nitrogens with zero attached hydrogens (tertiary/aromatic N) is 2. The Balaban J connectivity index is 0.00000176. The van der Waals surface area contributed by atoms with E-state index in [1.807, 2.05) is 0 Å². The summed E-state index contributed by atoms with van der Waals surface area (Å²) >= 11 is 0. The van der Waals surface area contributed by atoms with Crippen LogP contribution in [0.15, 0.2) is 4.52 Å². The Morgan fingerprint density at radius 2 is 1.73 bits per heavy atom. The van der Waals surface area contributed by atoms with Crippen molar-refractivity contribution >= 4 is 18.3 Å². The standard InChI is InChI=1S/C15H24N4O2.ClH/c1-11(20)18-15(9-3-2-4-10-15)13-17-12(19-21-13)14(16)7-5-6-8-14;/h2-10,16H2,1H3,(H,18,20);1H. The lowest BCUT2D eigenvalue weighted by molar-refractivity contribution is -0.121. The average molecular weight is 329 g/mol. The van der Waals surface area contributed by atoms with Crippen LogP contribution in [-0.2, 0) is 15.9 Å². The number of carbonyl (C=O) groups is 1. The number of nitrogens with two attached hydrogens (primary N) is 1. The average Bonchev–Trinajstić information content (AvgIpc) is 3.08. The minimum Gasteiger partial charge on any atom is -0.342 e. The molecule has 0 bridgehead atoms. The summed E-state index contributed by atoms with van der Waals surface area (Å²) in [6, 6.07) is 0. The molecule has 0 unspecified atom stereocenters. The van der Waals surface area contributed by atoms with E-state index in [0.29, 0.717) is 11.7 Å². The van der Waals surface area contributed by atoms with E-state index in [-0.39, 0.29) is 18.3 Å². The first-order chi connectivity index (χ1) is 10.0. The second-order valence-corrected chi connectivity index (χ2v) is 6.61.